The summed E-state index contributed by atoms with van der Waals surface area (Å²) in [6.45, 7) is 1.03. The Labute approximate surface area is 134 Å². The lowest BCUT2D eigenvalue weighted by atomic mass is 10.1. The van der Waals surface area contributed by atoms with Crippen molar-refractivity contribution in [3.8, 4) is 6.07 Å². The lowest BCUT2D eigenvalue weighted by molar-refractivity contribution is 0.392. The third-order valence-corrected chi connectivity index (χ3v) is 3.33. The summed E-state index contributed by atoms with van der Waals surface area (Å²) < 4.78 is 13.7. The van der Waals surface area contributed by atoms with E-state index in [1.54, 1.807) is 18.2 Å². The fourth-order valence-electron chi connectivity index (χ4n) is 2.01. The zero-order valence-corrected chi connectivity index (χ0v) is 13.2. The molecule has 0 unspecified atom stereocenters. The molecule has 0 amide bonds. The predicted molar refractivity (Wildman–Crippen MR) is 85.1 cm³/mol. The zero-order chi connectivity index (χ0) is 16.1. The van der Waals surface area contributed by atoms with Gasteiger partial charge in [0.1, 0.15) is 17.7 Å². The minimum Gasteiger partial charge on any atom is -0.366 e. The van der Waals surface area contributed by atoms with Gasteiger partial charge in [0.2, 0.25) is 0 Å². The number of anilines is 1. The molecule has 0 aliphatic carbocycles. The molecule has 1 aromatic carbocycles. The minimum absolute atomic E-state index is 0.180. The van der Waals surface area contributed by atoms with Crippen molar-refractivity contribution in [2.45, 2.75) is 13.1 Å². The first-order valence-electron chi connectivity index (χ1n) is 6.72. The van der Waals surface area contributed by atoms with Crippen LogP contribution in [0.25, 0.3) is 0 Å². The van der Waals surface area contributed by atoms with E-state index in [0.29, 0.717) is 29.5 Å². The van der Waals surface area contributed by atoms with E-state index in [2.05, 4.69) is 10.3 Å². The molecule has 2 rings (SSSR count). The molecule has 1 N–H and O–H groups in total. The predicted octanol–water partition coefficient (Wildman–Crippen LogP) is 3.42. The fraction of sp³-hybridized carbons (Fsp3) is 0.250. The van der Waals surface area contributed by atoms with Gasteiger partial charge in [0.25, 0.3) is 0 Å². The Bertz CT molecular complexity index is 710. The average molecular weight is 319 g/mol. The molecule has 22 heavy (non-hydrogen) atoms. The number of benzene rings is 1. The SMILES string of the molecule is CN(C)Cc1cc(CNc2ccc(Cl)c(C#N)n2)ccc1F. The van der Waals surface area contributed by atoms with Gasteiger partial charge in [-0.1, -0.05) is 17.7 Å². The molecule has 0 saturated heterocycles. The van der Waals surface area contributed by atoms with Crippen LogP contribution in [0.4, 0.5) is 10.2 Å². The van der Waals surface area contributed by atoms with E-state index in [1.165, 1.54) is 6.07 Å². The Hall–Kier alpha value is -2.16. The fourth-order valence-corrected chi connectivity index (χ4v) is 2.16. The quantitative estimate of drug-likeness (QED) is 0.917. The van der Waals surface area contributed by atoms with Gasteiger partial charge in [-0.05, 0) is 43.9 Å². The summed E-state index contributed by atoms with van der Waals surface area (Å²) in [6.07, 6.45) is 0. The number of halogens is 2. The van der Waals surface area contributed by atoms with E-state index in [0.717, 1.165) is 5.56 Å². The Morgan fingerprint density at radius 2 is 2.09 bits per heavy atom. The molecule has 0 radical (unpaired) electrons. The van der Waals surface area contributed by atoms with Crippen LogP contribution in [0.2, 0.25) is 5.02 Å². The normalized spacial score (nSPS) is 10.5. The number of aromatic nitrogens is 1. The van der Waals surface area contributed by atoms with Crippen LogP contribution in [0.5, 0.6) is 0 Å². The van der Waals surface area contributed by atoms with Crippen LogP contribution in [0.15, 0.2) is 30.3 Å². The van der Waals surface area contributed by atoms with Gasteiger partial charge >= 0.3 is 0 Å². The van der Waals surface area contributed by atoms with Gasteiger partial charge in [-0.3, -0.25) is 0 Å². The summed E-state index contributed by atoms with van der Waals surface area (Å²) in [5.41, 5.74) is 1.76. The van der Waals surface area contributed by atoms with Crippen LogP contribution in [0.1, 0.15) is 16.8 Å². The Morgan fingerprint density at radius 3 is 2.77 bits per heavy atom. The molecule has 0 atom stereocenters. The Kier molecular flexibility index (Phi) is 5.31. The third kappa shape index (κ3) is 4.17. The molecule has 6 heteroatoms. The van der Waals surface area contributed by atoms with Crippen molar-refractivity contribution in [1.29, 1.82) is 5.26 Å². The standard InChI is InChI=1S/C16H16ClFN4/c1-22(2)10-12-7-11(3-5-14(12)18)9-20-16-6-4-13(17)15(8-19)21-16/h3-7H,9-10H2,1-2H3,(H,20,21). The minimum atomic E-state index is -0.214. The highest BCUT2D eigenvalue weighted by molar-refractivity contribution is 6.31. The van der Waals surface area contributed by atoms with E-state index in [-0.39, 0.29) is 11.5 Å². The lowest BCUT2D eigenvalue weighted by Gasteiger charge is -2.12. The summed E-state index contributed by atoms with van der Waals surface area (Å²) in [5, 5.41) is 12.3. The highest BCUT2D eigenvalue weighted by Gasteiger charge is 2.06. The molecule has 0 bridgehead atoms. The van der Waals surface area contributed by atoms with Crippen LogP contribution in [0.3, 0.4) is 0 Å². The number of hydrogen-bond acceptors (Lipinski definition) is 4. The van der Waals surface area contributed by atoms with Crippen LogP contribution < -0.4 is 5.32 Å². The van der Waals surface area contributed by atoms with Crippen LogP contribution >= 0.6 is 11.6 Å². The molecule has 0 aliphatic rings. The van der Waals surface area contributed by atoms with E-state index in [1.807, 2.05) is 31.1 Å². The van der Waals surface area contributed by atoms with Gasteiger partial charge in [0.05, 0.1) is 5.02 Å². The first-order chi connectivity index (χ1) is 10.5. The number of nitriles is 1. The van der Waals surface area contributed by atoms with Gasteiger partial charge in [0, 0.05) is 18.7 Å². The summed E-state index contributed by atoms with van der Waals surface area (Å²) in [6, 6.07) is 10.3. The van der Waals surface area contributed by atoms with E-state index in [9.17, 15) is 4.39 Å². The summed E-state index contributed by atoms with van der Waals surface area (Å²) in [7, 11) is 3.79. The van der Waals surface area contributed by atoms with Crippen molar-refractivity contribution in [3.63, 3.8) is 0 Å². The van der Waals surface area contributed by atoms with Crippen molar-refractivity contribution in [2.75, 3.05) is 19.4 Å². The van der Waals surface area contributed by atoms with Crippen molar-refractivity contribution in [1.82, 2.24) is 9.88 Å². The molecule has 1 aromatic heterocycles. The maximum Gasteiger partial charge on any atom is 0.161 e. The maximum absolute atomic E-state index is 13.7. The molecule has 0 spiro atoms. The van der Waals surface area contributed by atoms with Crippen molar-refractivity contribution >= 4 is 17.4 Å². The molecular weight excluding hydrogens is 303 g/mol. The van der Waals surface area contributed by atoms with Crippen molar-refractivity contribution in [3.05, 3.63) is 58.0 Å². The molecule has 1 heterocycles. The second kappa shape index (κ2) is 7.21. The van der Waals surface area contributed by atoms with E-state index in [4.69, 9.17) is 16.9 Å². The summed E-state index contributed by atoms with van der Waals surface area (Å²) in [5.74, 6) is 0.341. The van der Waals surface area contributed by atoms with E-state index < -0.39 is 0 Å². The zero-order valence-electron chi connectivity index (χ0n) is 12.4. The molecule has 0 fully saturated rings. The molecule has 114 valence electrons. The van der Waals surface area contributed by atoms with Gasteiger partial charge in [-0.15, -0.1) is 0 Å². The Morgan fingerprint density at radius 1 is 1.32 bits per heavy atom. The molecular formula is C16H16ClFN4. The smallest absolute Gasteiger partial charge is 0.161 e. The first kappa shape index (κ1) is 16.2. The monoisotopic (exact) mass is 318 g/mol. The van der Waals surface area contributed by atoms with Gasteiger partial charge < -0.3 is 10.2 Å². The number of nitrogens with zero attached hydrogens (tertiary/aromatic N) is 3. The van der Waals surface area contributed by atoms with Crippen LogP contribution in [-0.2, 0) is 13.1 Å². The highest BCUT2D eigenvalue weighted by atomic mass is 35.5. The van der Waals surface area contributed by atoms with Crippen molar-refractivity contribution in [2.24, 2.45) is 0 Å². The average Bonchev–Trinajstić information content (AvgIpc) is 2.49. The van der Waals surface area contributed by atoms with Crippen LogP contribution in [-0.4, -0.2) is 24.0 Å². The number of nitrogens with one attached hydrogen (secondary N) is 1. The van der Waals surface area contributed by atoms with Gasteiger partial charge in [-0.2, -0.15) is 5.26 Å². The van der Waals surface area contributed by atoms with Gasteiger partial charge in [-0.25, -0.2) is 9.37 Å². The topological polar surface area (TPSA) is 52.0 Å². The van der Waals surface area contributed by atoms with Gasteiger partial charge in [0.15, 0.2) is 5.69 Å². The third-order valence-electron chi connectivity index (χ3n) is 3.02. The maximum atomic E-state index is 13.7. The van der Waals surface area contributed by atoms with Crippen LogP contribution in [0, 0.1) is 17.1 Å². The molecule has 4 nitrogen and oxygen atoms in total. The van der Waals surface area contributed by atoms with Crippen molar-refractivity contribution < 1.29 is 4.39 Å². The molecule has 0 aliphatic heterocycles. The highest BCUT2D eigenvalue weighted by Crippen LogP contribution is 2.17. The number of pyridine rings is 1. The molecule has 0 saturated carbocycles. The Balaban J connectivity index is 2.10. The van der Waals surface area contributed by atoms with E-state index >= 15 is 0 Å². The number of hydrogen-bond donors (Lipinski definition) is 1. The second-order valence-corrected chi connectivity index (χ2v) is 5.56. The molecule has 2 aromatic rings. The summed E-state index contributed by atoms with van der Waals surface area (Å²) in [4.78, 5) is 6.02. The summed E-state index contributed by atoms with van der Waals surface area (Å²) >= 11 is 5.84. The lowest BCUT2D eigenvalue weighted by Crippen LogP contribution is -2.12. The largest absolute Gasteiger partial charge is 0.366 e. The number of rotatable bonds is 5. The first-order valence-corrected chi connectivity index (χ1v) is 7.10. The second-order valence-electron chi connectivity index (χ2n) is 5.16.